The maximum absolute atomic E-state index is 12.2. The van der Waals surface area contributed by atoms with Crippen molar-refractivity contribution in [3.8, 4) is 0 Å². The summed E-state index contributed by atoms with van der Waals surface area (Å²) < 4.78 is 5.04. The predicted octanol–water partition coefficient (Wildman–Crippen LogP) is 0.654. The largest absolute Gasteiger partial charge is 0.395 e. The summed E-state index contributed by atoms with van der Waals surface area (Å²) in [4.78, 5) is 13.8. The van der Waals surface area contributed by atoms with Gasteiger partial charge in [0.2, 0.25) is 5.91 Å². The zero-order valence-corrected chi connectivity index (χ0v) is 9.93. The number of aliphatic hydroxyl groups is 1. The number of benzene rings is 1. The van der Waals surface area contributed by atoms with Gasteiger partial charge < -0.3 is 14.7 Å². The normalized spacial score (nSPS) is 17.3. The molecule has 1 aromatic rings. The van der Waals surface area contributed by atoms with Crippen molar-refractivity contribution < 1.29 is 14.6 Å². The monoisotopic (exact) mass is 235 g/mol. The SMILES string of the molecule is CN(Cc1ccccc1)C(=O)C1(CO)COC1. The molecule has 92 valence electrons. The average molecular weight is 235 g/mol. The highest BCUT2D eigenvalue weighted by molar-refractivity contribution is 5.83. The molecule has 17 heavy (non-hydrogen) atoms. The number of rotatable bonds is 4. The topological polar surface area (TPSA) is 49.8 Å². The Balaban J connectivity index is 2.00. The van der Waals surface area contributed by atoms with E-state index in [4.69, 9.17) is 4.74 Å². The van der Waals surface area contributed by atoms with Crippen molar-refractivity contribution in [2.24, 2.45) is 5.41 Å². The molecule has 1 heterocycles. The Labute approximate surface area is 101 Å². The number of carbonyl (C=O) groups excluding carboxylic acids is 1. The van der Waals surface area contributed by atoms with Crippen molar-refractivity contribution >= 4 is 5.91 Å². The number of hydrogen-bond donors (Lipinski definition) is 1. The molecule has 0 bridgehead atoms. The lowest BCUT2D eigenvalue weighted by molar-refractivity contribution is -0.179. The van der Waals surface area contributed by atoms with E-state index in [-0.39, 0.29) is 12.5 Å². The summed E-state index contributed by atoms with van der Waals surface area (Å²) in [5, 5.41) is 9.29. The number of amides is 1. The van der Waals surface area contributed by atoms with Gasteiger partial charge in [-0.25, -0.2) is 0 Å². The van der Waals surface area contributed by atoms with Gasteiger partial charge >= 0.3 is 0 Å². The first-order valence-corrected chi connectivity index (χ1v) is 5.66. The van der Waals surface area contributed by atoms with E-state index in [2.05, 4.69) is 0 Å². The van der Waals surface area contributed by atoms with E-state index in [1.165, 1.54) is 0 Å². The molecule has 0 atom stereocenters. The maximum atomic E-state index is 12.2. The van der Waals surface area contributed by atoms with E-state index in [1.807, 2.05) is 30.3 Å². The Hall–Kier alpha value is -1.39. The van der Waals surface area contributed by atoms with E-state index in [9.17, 15) is 9.90 Å². The highest BCUT2D eigenvalue weighted by Crippen LogP contribution is 2.29. The summed E-state index contributed by atoms with van der Waals surface area (Å²) in [5.74, 6) is -0.0462. The Bertz CT molecular complexity index is 381. The Morgan fingerprint density at radius 2 is 2.06 bits per heavy atom. The molecule has 1 N–H and O–H groups in total. The van der Waals surface area contributed by atoms with Crippen LogP contribution in [0.25, 0.3) is 0 Å². The summed E-state index contributed by atoms with van der Waals surface area (Å²) in [6.45, 7) is 1.05. The first-order chi connectivity index (χ1) is 8.18. The van der Waals surface area contributed by atoms with E-state index in [1.54, 1.807) is 11.9 Å². The molecule has 0 aromatic heterocycles. The first kappa shape index (κ1) is 12.1. The molecule has 0 unspecified atom stereocenters. The van der Waals surface area contributed by atoms with Gasteiger partial charge in [0.25, 0.3) is 0 Å². The predicted molar refractivity (Wildman–Crippen MR) is 63.3 cm³/mol. The quantitative estimate of drug-likeness (QED) is 0.833. The van der Waals surface area contributed by atoms with Crippen molar-refractivity contribution in [3.63, 3.8) is 0 Å². The molecule has 0 aliphatic carbocycles. The molecule has 2 rings (SSSR count). The van der Waals surface area contributed by atoms with E-state index in [0.29, 0.717) is 19.8 Å². The standard InChI is InChI=1S/C13H17NO3/c1-14(7-11-5-3-2-4-6-11)12(16)13(8-15)9-17-10-13/h2-6,15H,7-10H2,1H3. The smallest absolute Gasteiger partial charge is 0.235 e. The van der Waals surface area contributed by atoms with Crippen LogP contribution in [0.2, 0.25) is 0 Å². The number of ether oxygens (including phenoxy) is 1. The van der Waals surface area contributed by atoms with Crippen LogP contribution in [0.5, 0.6) is 0 Å². The molecule has 1 aromatic carbocycles. The van der Waals surface area contributed by atoms with Crippen LogP contribution < -0.4 is 0 Å². The second-order valence-electron chi connectivity index (χ2n) is 4.58. The summed E-state index contributed by atoms with van der Waals surface area (Å²) in [6, 6.07) is 9.80. The lowest BCUT2D eigenvalue weighted by Crippen LogP contribution is -2.56. The Morgan fingerprint density at radius 1 is 1.41 bits per heavy atom. The van der Waals surface area contributed by atoms with Crippen molar-refractivity contribution in [1.29, 1.82) is 0 Å². The lowest BCUT2D eigenvalue weighted by Gasteiger charge is -2.40. The second kappa shape index (κ2) is 4.85. The molecule has 1 saturated heterocycles. The first-order valence-electron chi connectivity index (χ1n) is 5.66. The molecule has 1 amide bonds. The third-order valence-corrected chi connectivity index (χ3v) is 3.12. The molecule has 1 aliphatic heterocycles. The van der Waals surface area contributed by atoms with Crippen LogP contribution in [0, 0.1) is 5.41 Å². The van der Waals surface area contributed by atoms with E-state index >= 15 is 0 Å². The maximum Gasteiger partial charge on any atom is 0.235 e. The highest BCUT2D eigenvalue weighted by Gasteiger charge is 2.46. The third-order valence-electron chi connectivity index (χ3n) is 3.12. The van der Waals surface area contributed by atoms with Crippen LogP contribution in [0.3, 0.4) is 0 Å². The molecule has 4 heteroatoms. The average Bonchev–Trinajstić information content (AvgIpc) is 2.29. The van der Waals surface area contributed by atoms with Gasteiger partial charge in [-0.1, -0.05) is 30.3 Å². The van der Waals surface area contributed by atoms with Gasteiger partial charge in [-0.05, 0) is 5.56 Å². The van der Waals surface area contributed by atoms with Gasteiger partial charge in [-0.2, -0.15) is 0 Å². The minimum Gasteiger partial charge on any atom is -0.395 e. The van der Waals surface area contributed by atoms with E-state index in [0.717, 1.165) is 5.56 Å². The fourth-order valence-corrected chi connectivity index (χ4v) is 1.96. The minimum atomic E-state index is -0.705. The van der Waals surface area contributed by atoms with Crippen LogP contribution in [0.15, 0.2) is 30.3 Å². The van der Waals surface area contributed by atoms with Crippen molar-refractivity contribution in [2.75, 3.05) is 26.9 Å². The van der Waals surface area contributed by atoms with E-state index < -0.39 is 5.41 Å². The molecule has 0 radical (unpaired) electrons. The number of carbonyl (C=O) groups is 1. The van der Waals surface area contributed by atoms with Crippen molar-refractivity contribution in [1.82, 2.24) is 4.90 Å². The number of nitrogens with zero attached hydrogens (tertiary/aromatic N) is 1. The molecular weight excluding hydrogens is 218 g/mol. The van der Waals surface area contributed by atoms with Gasteiger partial charge in [0.1, 0.15) is 5.41 Å². The summed E-state index contributed by atoms with van der Waals surface area (Å²) in [7, 11) is 1.76. The zero-order chi connectivity index (χ0) is 12.3. The minimum absolute atomic E-state index is 0.0462. The molecule has 0 spiro atoms. The van der Waals surface area contributed by atoms with Crippen molar-refractivity contribution in [3.05, 3.63) is 35.9 Å². The lowest BCUT2D eigenvalue weighted by atomic mass is 9.85. The summed E-state index contributed by atoms with van der Waals surface area (Å²) >= 11 is 0. The van der Waals surface area contributed by atoms with Crippen LogP contribution in [-0.2, 0) is 16.1 Å². The van der Waals surface area contributed by atoms with Gasteiger partial charge in [-0.3, -0.25) is 4.79 Å². The summed E-state index contributed by atoms with van der Waals surface area (Å²) in [5.41, 5.74) is 0.375. The van der Waals surface area contributed by atoms with Gasteiger partial charge in [0, 0.05) is 13.6 Å². The van der Waals surface area contributed by atoms with Crippen LogP contribution in [0.4, 0.5) is 0 Å². The van der Waals surface area contributed by atoms with Crippen LogP contribution >= 0.6 is 0 Å². The fraction of sp³-hybridized carbons (Fsp3) is 0.462. The van der Waals surface area contributed by atoms with Crippen LogP contribution in [0.1, 0.15) is 5.56 Å². The van der Waals surface area contributed by atoms with Gasteiger partial charge in [0.15, 0.2) is 0 Å². The molecule has 0 saturated carbocycles. The van der Waals surface area contributed by atoms with Crippen LogP contribution in [-0.4, -0.2) is 42.8 Å². The molecule has 1 aliphatic rings. The Kier molecular flexibility index (Phi) is 3.45. The third kappa shape index (κ3) is 2.33. The second-order valence-corrected chi connectivity index (χ2v) is 4.58. The summed E-state index contributed by atoms with van der Waals surface area (Å²) in [6.07, 6.45) is 0. The molecule has 4 nitrogen and oxygen atoms in total. The van der Waals surface area contributed by atoms with Gasteiger partial charge in [-0.15, -0.1) is 0 Å². The molecular formula is C13H17NO3. The zero-order valence-electron chi connectivity index (χ0n) is 9.93. The highest BCUT2D eigenvalue weighted by atomic mass is 16.5. The fourth-order valence-electron chi connectivity index (χ4n) is 1.96. The van der Waals surface area contributed by atoms with Gasteiger partial charge in [0.05, 0.1) is 19.8 Å². The number of hydrogen-bond acceptors (Lipinski definition) is 3. The molecule has 1 fully saturated rings. The number of aliphatic hydroxyl groups excluding tert-OH is 1. The Morgan fingerprint density at radius 3 is 2.53 bits per heavy atom. The van der Waals surface area contributed by atoms with Crippen molar-refractivity contribution in [2.45, 2.75) is 6.54 Å².